The van der Waals surface area contributed by atoms with Gasteiger partial charge in [0.1, 0.15) is 11.4 Å². The molecule has 0 amide bonds. The summed E-state index contributed by atoms with van der Waals surface area (Å²) in [5, 5.41) is 0. The van der Waals surface area contributed by atoms with Crippen LogP contribution >= 0.6 is 0 Å². The zero-order chi connectivity index (χ0) is 21.7. The second kappa shape index (κ2) is 9.13. The normalized spacial score (nSPS) is 14.8. The van der Waals surface area contributed by atoms with Crippen molar-refractivity contribution in [1.29, 1.82) is 0 Å². The predicted octanol–water partition coefficient (Wildman–Crippen LogP) is 3.37. The molecule has 0 aliphatic carbocycles. The number of hydrogen-bond acceptors (Lipinski definition) is 6. The van der Waals surface area contributed by atoms with Crippen molar-refractivity contribution in [2.24, 2.45) is 0 Å². The zero-order valence-electron chi connectivity index (χ0n) is 16.8. The lowest BCUT2D eigenvalue weighted by molar-refractivity contribution is -0.139. The number of allylic oxidation sites excluding steroid dienone is 1. The van der Waals surface area contributed by atoms with Gasteiger partial charge in [-0.05, 0) is 30.7 Å². The fraction of sp³-hybridized carbons (Fsp3) is 0.273. The van der Waals surface area contributed by atoms with Gasteiger partial charge in [0.15, 0.2) is 18.1 Å². The van der Waals surface area contributed by atoms with Crippen LogP contribution in [0.15, 0.2) is 65.2 Å². The summed E-state index contributed by atoms with van der Waals surface area (Å²) < 4.78 is 38.2. The Labute approximate surface area is 176 Å². The number of carbonyl (C=O) groups is 2. The van der Waals surface area contributed by atoms with Crippen LogP contribution in [0, 0.1) is 0 Å². The Balaban J connectivity index is 1.99. The molecule has 158 valence electrons. The van der Waals surface area contributed by atoms with Gasteiger partial charge in [-0.2, -0.15) is 0 Å². The van der Waals surface area contributed by atoms with Crippen LogP contribution in [0.4, 0.5) is 0 Å². The SMILES string of the molecule is CCCCN1C(C(C)=O)=C(OC(=O)COc2ccccc2)c2ccccc2S1(=O)=O. The van der Waals surface area contributed by atoms with Crippen LogP contribution in [-0.4, -0.2) is 37.6 Å². The molecule has 2 aromatic rings. The summed E-state index contributed by atoms with van der Waals surface area (Å²) in [6.07, 6.45) is 1.29. The molecule has 7 nitrogen and oxygen atoms in total. The number of para-hydroxylation sites is 1. The maximum absolute atomic E-state index is 13.1. The van der Waals surface area contributed by atoms with Crippen molar-refractivity contribution in [3.8, 4) is 5.75 Å². The second-order valence-electron chi connectivity index (χ2n) is 6.74. The van der Waals surface area contributed by atoms with E-state index in [0.29, 0.717) is 12.2 Å². The van der Waals surface area contributed by atoms with Crippen LogP contribution in [0.1, 0.15) is 32.3 Å². The molecule has 0 N–H and O–H groups in total. The van der Waals surface area contributed by atoms with Crippen LogP contribution in [0.3, 0.4) is 0 Å². The lowest BCUT2D eigenvalue weighted by Gasteiger charge is -2.32. The van der Waals surface area contributed by atoms with Gasteiger partial charge in [0.25, 0.3) is 10.0 Å². The number of fused-ring (bicyclic) bond motifs is 1. The van der Waals surface area contributed by atoms with Crippen molar-refractivity contribution in [2.45, 2.75) is 31.6 Å². The molecule has 0 bridgehead atoms. The Hall–Kier alpha value is -3.13. The number of sulfonamides is 1. The summed E-state index contributed by atoms with van der Waals surface area (Å²) in [5.41, 5.74) is 0.0405. The third-order valence-electron chi connectivity index (χ3n) is 4.53. The molecule has 0 saturated carbocycles. The average molecular weight is 429 g/mol. The number of ketones is 1. The third-order valence-corrected chi connectivity index (χ3v) is 6.39. The van der Waals surface area contributed by atoms with Crippen LogP contribution in [0.25, 0.3) is 5.76 Å². The average Bonchev–Trinajstić information content (AvgIpc) is 2.73. The number of ether oxygens (including phenoxy) is 2. The number of Topliss-reactive ketones (excluding diaryl/α,β-unsaturated/α-hetero) is 1. The van der Waals surface area contributed by atoms with E-state index in [9.17, 15) is 18.0 Å². The van der Waals surface area contributed by atoms with Gasteiger partial charge in [-0.1, -0.05) is 43.7 Å². The van der Waals surface area contributed by atoms with Crippen molar-refractivity contribution in [3.63, 3.8) is 0 Å². The van der Waals surface area contributed by atoms with E-state index < -0.39 is 21.8 Å². The molecule has 3 rings (SSSR count). The summed E-state index contributed by atoms with van der Waals surface area (Å²) in [6, 6.07) is 14.9. The second-order valence-corrected chi connectivity index (χ2v) is 8.57. The Morgan fingerprint density at radius 3 is 2.33 bits per heavy atom. The standard InChI is InChI=1S/C22H23NO6S/c1-3-4-14-23-21(16(2)24)22(18-12-8-9-13-19(18)30(23,26)27)29-20(25)15-28-17-10-6-5-7-11-17/h5-13H,3-4,14-15H2,1-2H3. The summed E-state index contributed by atoms with van der Waals surface area (Å²) in [6.45, 7) is 2.90. The van der Waals surface area contributed by atoms with E-state index in [4.69, 9.17) is 9.47 Å². The smallest absolute Gasteiger partial charge is 0.349 e. The first kappa shape index (κ1) is 21.6. The molecule has 0 aromatic heterocycles. The highest BCUT2D eigenvalue weighted by molar-refractivity contribution is 7.89. The van der Waals surface area contributed by atoms with Gasteiger partial charge in [0.2, 0.25) is 0 Å². The molecule has 1 aliphatic rings. The monoisotopic (exact) mass is 429 g/mol. The number of benzene rings is 2. The molecule has 0 radical (unpaired) electrons. The number of esters is 1. The minimum absolute atomic E-state index is 0.00196. The summed E-state index contributed by atoms with van der Waals surface area (Å²) in [4.78, 5) is 24.9. The molecular formula is C22H23NO6S. The molecule has 8 heteroatoms. The largest absolute Gasteiger partial charge is 0.482 e. The first-order chi connectivity index (χ1) is 14.4. The number of carbonyl (C=O) groups excluding carboxylic acids is 2. The van der Waals surface area contributed by atoms with Gasteiger partial charge in [-0.3, -0.25) is 9.10 Å². The molecule has 0 fully saturated rings. The third kappa shape index (κ3) is 4.38. The highest BCUT2D eigenvalue weighted by Crippen LogP contribution is 2.38. The number of rotatable bonds is 8. The van der Waals surface area contributed by atoms with Crippen molar-refractivity contribution < 1.29 is 27.5 Å². The van der Waals surface area contributed by atoms with Crippen molar-refractivity contribution >= 4 is 27.5 Å². The first-order valence-electron chi connectivity index (χ1n) is 9.62. The van der Waals surface area contributed by atoms with E-state index in [-0.39, 0.29) is 35.1 Å². The van der Waals surface area contributed by atoms with Crippen LogP contribution in [0.2, 0.25) is 0 Å². The molecular weight excluding hydrogens is 406 g/mol. The van der Waals surface area contributed by atoms with Gasteiger partial charge >= 0.3 is 5.97 Å². The fourth-order valence-electron chi connectivity index (χ4n) is 3.13. The highest BCUT2D eigenvalue weighted by Gasteiger charge is 2.40. The van der Waals surface area contributed by atoms with Gasteiger partial charge in [-0.15, -0.1) is 0 Å². The molecule has 2 aromatic carbocycles. The number of nitrogens with zero attached hydrogens (tertiary/aromatic N) is 1. The van der Waals surface area contributed by atoms with E-state index in [0.717, 1.165) is 10.7 Å². The van der Waals surface area contributed by atoms with Crippen molar-refractivity contribution in [3.05, 3.63) is 65.9 Å². The number of hydrogen-bond donors (Lipinski definition) is 0. The van der Waals surface area contributed by atoms with Gasteiger partial charge in [-0.25, -0.2) is 13.2 Å². The summed E-state index contributed by atoms with van der Waals surface area (Å²) in [7, 11) is -3.94. The van der Waals surface area contributed by atoms with Gasteiger partial charge in [0, 0.05) is 19.0 Å². The van der Waals surface area contributed by atoms with E-state index in [1.165, 1.54) is 19.1 Å². The zero-order valence-corrected chi connectivity index (χ0v) is 17.6. The van der Waals surface area contributed by atoms with Crippen molar-refractivity contribution in [2.75, 3.05) is 13.2 Å². The maximum atomic E-state index is 13.1. The molecule has 1 aliphatic heterocycles. The van der Waals surface area contributed by atoms with E-state index in [2.05, 4.69) is 0 Å². The minimum Gasteiger partial charge on any atom is -0.482 e. The molecule has 1 heterocycles. The Kier molecular flexibility index (Phi) is 6.56. The quantitative estimate of drug-likeness (QED) is 0.598. The highest BCUT2D eigenvalue weighted by atomic mass is 32.2. The number of unbranched alkanes of at least 4 members (excludes halogenated alkanes) is 1. The van der Waals surface area contributed by atoms with E-state index in [1.54, 1.807) is 36.4 Å². The van der Waals surface area contributed by atoms with E-state index >= 15 is 0 Å². The van der Waals surface area contributed by atoms with Gasteiger partial charge in [0.05, 0.1) is 4.90 Å². The van der Waals surface area contributed by atoms with Crippen molar-refractivity contribution in [1.82, 2.24) is 4.31 Å². The topological polar surface area (TPSA) is 90.0 Å². The molecule has 0 saturated heterocycles. The van der Waals surface area contributed by atoms with E-state index in [1.807, 2.05) is 13.0 Å². The summed E-state index contributed by atoms with van der Waals surface area (Å²) >= 11 is 0. The molecule has 0 spiro atoms. The van der Waals surface area contributed by atoms with Gasteiger partial charge < -0.3 is 9.47 Å². The maximum Gasteiger partial charge on any atom is 0.349 e. The summed E-state index contributed by atoms with van der Waals surface area (Å²) in [5.74, 6) is -0.815. The molecule has 0 unspecified atom stereocenters. The minimum atomic E-state index is -3.94. The van der Waals surface area contributed by atoms with Crippen LogP contribution in [0.5, 0.6) is 5.75 Å². The molecule has 0 atom stereocenters. The fourth-order valence-corrected chi connectivity index (χ4v) is 4.88. The Morgan fingerprint density at radius 2 is 1.67 bits per heavy atom. The van der Waals surface area contributed by atoms with Crippen LogP contribution < -0.4 is 4.74 Å². The Morgan fingerprint density at radius 1 is 1.00 bits per heavy atom. The lowest BCUT2D eigenvalue weighted by Crippen LogP contribution is -2.39. The Bertz CT molecular complexity index is 1080. The van der Waals surface area contributed by atoms with Crippen LogP contribution in [-0.2, 0) is 24.3 Å². The predicted molar refractivity (Wildman–Crippen MR) is 111 cm³/mol. The lowest BCUT2D eigenvalue weighted by atomic mass is 10.1. The molecule has 30 heavy (non-hydrogen) atoms. The first-order valence-corrected chi connectivity index (χ1v) is 11.1.